The van der Waals surface area contributed by atoms with E-state index in [-0.39, 0.29) is 0 Å². The summed E-state index contributed by atoms with van der Waals surface area (Å²) in [5.41, 5.74) is 2.16. The highest BCUT2D eigenvalue weighted by molar-refractivity contribution is 5.87. The first-order valence-electron chi connectivity index (χ1n) is 12.7. The number of methoxy groups -OCH3 is 7. The molecular weight excluding hydrogens is 532 g/mol. The summed E-state index contributed by atoms with van der Waals surface area (Å²) in [6.07, 6.45) is 1.94. The molecule has 3 aromatic rings. The molecule has 0 unspecified atom stereocenters. The van der Waals surface area contributed by atoms with Crippen molar-refractivity contribution >= 4 is 12.0 Å². The molecule has 1 heterocycles. The molecule has 218 valence electrons. The Kier molecular flexibility index (Phi) is 9.34. The largest absolute Gasteiger partial charge is 0.496 e. The maximum Gasteiger partial charge on any atom is 0.331 e. The predicted octanol–water partition coefficient (Wildman–Crippen LogP) is 5.05. The summed E-state index contributed by atoms with van der Waals surface area (Å²) in [4.78, 5) is 13.1. The molecule has 0 amide bonds. The van der Waals surface area contributed by atoms with E-state index in [2.05, 4.69) is 0 Å². The quantitative estimate of drug-likeness (QED) is 0.232. The molecule has 10 nitrogen and oxygen atoms in total. The molecular formula is C31H34O10. The average Bonchev–Trinajstić information content (AvgIpc) is 3.01. The summed E-state index contributed by atoms with van der Waals surface area (Å²) in [7, 11) is 10.8. The Morgan fingerprint density at radius 3 is 1.98 bits per heavy atom. The first-order chi connectivity index (χ1) is 19.9. The van der Waals surface area contributed by atoms with E-state index < -0.39 is 18.2 Å². The number of ether oxygens (including phenoxy) is 9. The van der Waals surface area contributed by atoms with Gasteiger partial charge in [-0.3, -0.25) is 0 Å². The van der Waals surface area contributed by atoms with Crippen LogP contribution in [0.15, 0.2) is 48.5 Å². The molecule has 0 aliphatic carbocycles. The standard InChI is InChI=1S/C31H34O10/c1-33-20-15-23(35-3)21-17-28(30(41-24(21)16-20)19-9-10-22(34-2)25(14-19)36-4)40-29(32)11-8-18-12-26(37-5)31(39-7)27(13-18)38-6/h8-16,28,30H,17H2,1-7H3/b11-8+/t28-,30+/m0/s1. The Morgan fingerprint density at radius 2 is 1.39 bits per heavy atom. The molecule has 1 aliphatic heterocycles. The van der Waals surface area contributed by atoms with E-state index in [1.165, 1.54) is 27.4 Å². The van der Waals surface area contributed by atoms with Crippen LogP contribution >= 0.6 is 0 Å². The lowest BCUT2D eigenvalue weighted by atomic mass is 9.93. The first-order valence-corrected chi connectivity index (χ1v) is 12.7. The second kappa shape index (κ2) is 13.1. The van der Waals surface area contributed by atoms with Crippen molar-refractivity contribution in [3.63, 3.8) is 0 Å². The van der Waals surface area contributed by atoms with Gasteiger partial charge in [0.25, 0.3) is 0 Å². The van der Waals surface area contributed by atoms with Crippen LogP contribution in [0.5, 0.6) is 46.0 Å². The van der Waals surface area contributed by atoms with Gasteiger partial charge in [-0.25, -0.2) is 4.79 Å². The van der Waals surface area contributed by atoms with Crippen LogP contribution < -0.4 is 37.9 Å². The number of carbonyl (C=O) groups is 1. The van der Waals surface area contributed by atoms with E-state index >= 15 is 0 Å². The second-order valence-electron chi connectivity index (χ2n) is 8.93. The number of hydrogen-bond donors (Lipinski definition) is 0. The van der Waals surface area contributed by atoms with Gasteiger partial charge in [0.05, 0.1) is 49.8 Å². The molecule has 0 saturated heterocycles. The SMILES string of the molecule is COc1cc(OC)c2c(c1)O[C@H](c1ccc(OC)c(OC)c1)[C@@H](OC(=O)/C=C/c1cc(OC)c(OC)c(OC)c1)C2. The van der Waals surface area contributed by atoms with Gasteiger partial charge in [0, 0.05) is 35.8 Å². The zero-order valence-corrected chi connectivity index (χ0v) is 24.1. The van der Waals surface area contributed by atoms with E-state index in [0.717, 1.165) is 11.1 Å². The van der Waals surface area contributed by atoms with Gasteiger partial charge < -0.3 is 42.6 Å². The van der Waals surface area contributed by atoms with Crippen LogP contribution in [0, 0.1) is 0 Å². The smallest absolute Gasteiger partial charge is 0.331 e. The monoisotopic (exact) mass is 566 g/mol. The van der Waals surface area contributed by atoms with E-state index in [0.29, 0.717) is 58.0 Å². The molecule has 0 spiro atoms. The van der Waals surface area contributed by atoms with E-state index in [4.69, 9.17) is 42.6 Å². The van der Waals surface area contributed by atoms with Gasteiger partial charge in [-0.2, -0.15) is 0 Å². The molecule has 0 N–H and O–H groups in total. The molecule has 0 bridgehead atoms. The number of benzene rings is 3. The summed E-state index contributed by atoms with van der Waals surface area (Å²) in [6.45, 7) is 0. The van der Waals surface area contributed by atoms with Crippen molar-refractivity contribution in [2.75, 3.05) is 49.8 Å². The van der Waals surface area contributed by atoms with E-state index in [9.17, 15) is 4.79 Å². The molecule has 0 saturated carbocycles. The summed E-state index contributed by atoms with van der Waals surface area (Å²) in [5, 5.41) is 0. The van der Waals surface area contributed by atoms with Crippen molar-refractivity contribution < 1.29 is 47.4 Å². The summed E-state index contributed by atoms with van der Waals surface area (Å²) < 4.78 is 50.5. The van der Waals surface area contributed by atoms with Crippen LogP contribution in [-0.4, -0.2) is 61.8 Å². The van der Waals surface area contributed by atoms with Gasteiger partial charge in [0.15, 0.2) is 29.1 Å². The highest BCUT2D eigenvalue weighted by Gasteiger charge is 2.36. The Balaban J connectivity index is 1.67. The lowest BCUT2D eigenvalue weighted by Gasteiger charge is -2.34. The van der Waals surface area contributed by atoms with Crippen molar-refractivity contribution in [1.82, 2.24) is 0 Å². The predicted molar refractivity (Wildman–Crippen MR) is 151 cm³/mol. The molecule has 2 atom stereocenters. The van der Waals surface area contributed by atoms with Crippen LogP contribution in [0.4, 0.5) is 0 Å². The van der Waals surface area contributed by atoms with Gasteiger partial charge in [0.1, 0.15) is 23.4 Å². The molecule has 4 rings (SSSR count). The van der Waals surface area contributed by atoms with Gasteiger partial charge in [-0.05, 0) is 35.9 Å². The van der Waals surface area contributed by atoms with Crippen LogP contribution in [0.2, 0.25) is 0 Å². The van der Waals surface area contributed by atoms with Gasteiger partial charge in [-0.15, -0.1) is 0 Å². The zero-order chi connectivity index (χ0) is 29.5. The molecule has 3 aromatic carbocycles. The van der Waals surface area contributed by atoms with Crippen LogP contribution in [0.3, 0.4) is 0 Å². The Hall–Kier alpha value is -4.73. The fourth-order valence-electron chi connectivity index (χ4n) is 4.69. The van der Waals surface area contributed by atoms with Crippen molar-refractivity contribution in [1.29, 1.82) is 0 Å². The number of rotatable bonds is 11. The summed E-state index contributed by atoms with van der Waals surface area (Å²) in [6, 6.07) is 12.4. The molecule has 0 aromatic heterocycles. The Labute approximate surface area is 239 Å². The topological polar surface area (TPSA) is 100 Å². The zero-order valence-electron chi connectivity index (χ0n) is 24.1. The highest BCUT2D eigenvalue weighted by atomic mass is 16.6. The summed E-state index contributed by atoms with van der Waals surface area (Å²) >= 11 is 0. The minimum atomic E-state index is -0.694. The van der Waals surface area contributed by atoms with Crippen molar-refractivity contribution in [3.05, 3.63) is 65.2 Å². The van der Waals surface area contributed by atoms with Crippen LogP contribution in [0.25, 0.3) is 6.08 Å². The fourth-order valence-corrected chi connectivity index (χ4v) is 4.69. The first kappa shape index (κ1) is 29.3. The number of carbonyl (C=O) groups excluding carboxylic acids is 1. The Bertz CT molecular complexity index is 1390. The van der Waals surface area contributed by atoms with Crippen LogP contribution in [0.1, 0.15) is 22.8 Å². The minimum absolute atomic E-state index is 0.339. The van der Waals surface area contributed by atoms with Crippen molar-refractivity contribution in [2.24, 2.45) is 0 Å². The molecule has 0 fully saturated rings. The van der Waals surface area contributed by atoms with Gasteiger partial charge >= 0.3 is 5.97 Å². The van der Waals surface area contributed by atoms with Crippen molar-refractivity contribution in [3.8, 4) is 46.0 Å². The maximum absolute atomic E-state index is 13.1. The molecule has 10 heteroatoms. The molecule has 1 aliphatic rings. The van der Waals surface area contributed by atoms with Crippen LogP contribution in [-0.2, 0) is 16.0 Å². The van der Waals surface area contributed by atoms with E-state index in [1.54, 1.807) is 70.9 Å². The van der Waals surface area contributed by atoms with Gasteiger partial charge in [-0.1, -0.05) is 6.07 Å². The number of esters is 1. The average molecular weight is 567 g/mol. The third-order valence-electron chi connectivity index (χ3n) is 6.70. The normalized spacial score (nSPS) is 15.8. The molecule has 0 radical (unpaired) electrons. The highest BCUT2D eigenvalue weighted by Crippen LogP contribution is 2.45. The fraction of sp³-hybridized carbons (Fsp3) is 0.323. The van der Waals surface area contributed by atoms with E-state index in [1.807, 2.05) is 6.07 Å². The second-order valence-corrected chi connectivity index (χ2v) is 8.93. The Morgan fingerprint density at radius 1 is 0.732 bits per heavy atom. The molecule has 41 heavy (non-hydrogen) atoms. The third-order valence-corrected chi connectivity index (χ3v) is 6.70. The number of fused-ring (bicyclic) bond motifs is 1. The lowest BCUT2D eigenvalue weighted by Crippen LogP contribution is -2.34. The van der Waals surface area contributed by atoms with Gasteiger partial charge in [0.2, 0.25) is 5.75 Å². The third kappa shape index (κ3) is 6.21. The number of hydrogen-bond acceptors (Lipinski definition) is 10. The maximum atomic E-state index is 13.1. The summed E-state index contributed by atoms with van der Waals surface area (Å²) in [5.74, 6) is 3.63. The van der Waals surface area contributed by atoms with Crippen molar-refractivity contribution in [2.45, 2.75) is 18.6 Å². The lowest BCUT2D eigenvalue weighted by molar-refractivity contribution is -0.149. The minimum Gasteiger partial charge on any atom is -0.496 e.